The van der Waals surface area contributed by atoms with Crippen LogP contribution < -0.4 is 5.32 Å². The summed E-state index contributed by atoms with van der Waals surface area (Å²) in [5.74, 6) is -0.203. The van der Waals surface area contributed by atoms with Gasteiger partial charge in [-0.15, -0.1) is 0 Å². The van der Waals surface area contributed by atoms with Crippen LogP contribution in [0.25, 0.3) is 10.9 Å². The number of hydrogen-bond acceptors (Lipinski definition) is 2. The second-order valence-electron chi connectivity index (χ2n) is 6.09. The molecular weight excluding hydrogens is 338 g/mol. The minimum Gasteiger partial charge on any atom is -0.360 e. The summed E-state index contributed by atoms with van der Waals surface area (Å²) in [6.07, 6.45) is 2.27. The Hall–Kier alpha value is -2.79. The Bertz CT molecular complexity index is 952. The summed E-state index contributed by atoms with van der Waals surface area (Å²) in [5.41, 5.74) is 2.72. The number of imide groups is 1. The van der Waals surface area contributed by atoms with Crippen molar-refractivity contribution in [3.63, 3.8) is 0 Å². The third kappa shape index (κ3) is 2.87. The Morgan fingerprint density at radius 1 is 1.04 bits per heavy atom. The maximum atomic E-state index is 12.7. The first-order chi connectivity index (χ1) is 12.1. The first kappa shape index (κ1) is 15.7. The molecule has 25 heavy (non-hydrogen) atoms. The third-order valence-electron chi connectivity index (χ3n) is 4.46. The monoisotopic (exact) mass is 353 g/mol. The van der Waals surface area contributed by atoms with E-state index in [9.17, 15) is 9.59 Å². The number of para-hydroxylation sites is 1. The number of benzene rings is 2. The van der Waals surface area contributed by atoms with Crippen LogP contribution in [-0.2, 0) is 17.8 Å². The number of halogens is 1. The average Bonchev–Trinajstić information content (AvgIpc) is 3.14. The molecule has 1 atom stereocenters. The predicted octanol–water partition coefficient (Wildman–Crippen LogP) is 3.48. The molecule has 0 radical (unpaired) electrons. The molecule has 1 saturated heterocycles. The van der Waals surface area contributed by atoms with Crippen LogP contribution in [0.3, 0.4) is 0 Å². The van der Waals surface area contributed by atoms with Crippen molar-refractivity contribution in [3.8, 4) is 0 Å². The molecule has 2 N–H and O–H groups in total. The fraction of sp³-hybridized carbons (Fsp3) is 0.158. The van der Waals surface area contributed by atoms with Crippen LogP contribution in [0.5, 0.6) is 0 Å². The number of H-pyrrole nitrogens is 1. The van der Waals surface area contributed by atoms with Crippen LogP contribution in [0.15, 0.2) is 54.7 Å². The van der Waals surface area contributed by atoms with Crippen LogP contribution in [-0.4, -0.2) is 27.9 Å². The van der Waals surface area contributed by atoms with Gasteiger partial charge in [-0.2, -0.15) is 0 Å². The van der Waals surface area contributed by atoms with Crippen molar-refractivity contribution >= 4 is 34.4 Å². The summed E-state index contributed by atoms with van der Waals surface area (Å²) < 4.78 is 0. The van der Waals surface area contributed by atoms with Crippen LogP contribution in [0.1, 0.15) is 11.1 Å². The van der Waals surface area contributed by atoms with E-state index < -0.39 is 6.04 Å². The van der Waals surface area contributed by atoms with Gasteiger partial charge in [0, 0.05) is 18.0 Å². The highest BCUT2D eigenvalue weighted by atomic mass is 35.5. The fourth-order valence-corrected chi connectivity index (χ4v) is 3.42. The maximum absolute atomic E-state index is 12.7. The van der Waals surface area contributed by atoms with Gasteiger partial charge in [0.2, 0.25) is 0 Å². The molecule has 4 rings (SSSR count). The van der Waals surface area contributed by atoms with Gasteiger partial charge in [-0.25, -0.2) is 4.79 Å². The number of amides is 3. The highest BCUT2D eigenvalue weighted by molar-refractivity contribution is 6.35. The number of aromatic nitrogens is 1. The zero-order chi connectivity index (χ0) is 17.4. The summed E-state index contributed by atoms with van der Waals surface area (Å²) in [6, 6.07) is 14.2. The number of nitrogens with one attached hydrogen (secondary N) is 2. The maximum Gasteiger partial charge on any atom is 0.325 e. The van der Waals surface area contributed by atoms with Gasteiger partial charge >= 0.3 is 6.03 Å². The molecule has 5 nitrogen and oxygen atoms in total. The van der Waals surface area contributed by atoms with Gasteiger partial charge in [0.05, 0.1) is 17.1 Å². The Morgan fingerprint density at radius 3 is 2.64 bits per heavy atom. The largest absolute Gasteiger partial charge is 0.360 e. The van der Waals surface area contributed by atoms with E-state index in [1.807, 2.05) is 54.7 Å². The zero-order valence-electron chi connectivity index (χ0n) is 13.3. The van der Waals surface area contributed by atoms with Crippen molar-refractivity contribution in [3.05, 3.63) is 70.9 Å². The fourth-order valence-electron chi connectivity index (χ4n) is 3.20. The first-order valence-corrected chi connectivity index (χ1v) is 8.41. The molecule has 6 heteroatoms. The minimum absolute atomic E-state index is 0.203. The normalized spacial score (nSPS) is 17.3. The summed E-state index contributed by atoms with van der Waals surface area (Å²) in [5, 5.41) is 4.39. The van der Waals surface area contributed by atoms with Gasteiger partial charge in [-0.1, -0.05) is 54.1 Å². The third-order valence-corrected chi connectivity index (χ3v) is 4.78. The van der Waals surface area contributed by atoms with E-state index in [2.05, 4.69) is 10.3 Å². The Kier molecular flexibility index (Phi) is 3.93. The molecule has 0 aliphatic carbocycles. The van der Waals surface area contributed by atoms with Crippen molar-refractivity contribution in [1.82, 2.24) is 15.2 Å². The Labute approximate surface area is 149 Å². The van der Waals surface area contributed by atoms with Crippen molar-refractivity contribution < 1.29 is 9.59 Å². The summed E-state index contributed by atoms with van der Waals surface area (Å²) in [7, 11) is 0. The average molecular weight is 354 g/mol. The molecule has 1 fully saturated rings. The molecule has 3 amide bonds. The molecular formula is C19H16ClN3O2. The van der Waals surface area contributed by atoms with Crippen molar-refractivity contribution in [2.45, 2.75) is 19.0 Å². The molecule has 1 aliphatic rings. The standard InChI is InChI=1S/C19H16ClN3O2/c20-15-8-4-7-14-13(10-21-17(14)15)9-16-18(24)23(19(25)22-16)11-12-5-2-1-3-6-12/h1-8,10,16,21H,9,11H2,(H,22,25)/t16-/m0/s1. The molecule has 1 aromatic heterocycles. The smallest absolute Gasteiger partial charge is 0.325 e. The second kappa shape index (κ2) is 6.26. The lowest BCUT2D eigenvalue weighted by Gasteiger charge is -2.13. The molecule has 3 aromatic rings. The molecule has 0 unspecified atom stereocenters. The number of rotatable bonds is 4. The molecule has 2 aromatic carbocycles. The lowest BCUT2D eigenvalue weighted by atomic mass is 10.0. The molecule has 0 saturated carbocycles. The van der Waals surface area contributed by atoms with E-state index >= 15 is 0 Å². The van der Waals surface area contributed by atoms with Gasteiger partial charge in [-0.05, 0) is 17.2 Å². The van der Waals surface area contributed by atoms with Crippen LogP contribution in [0.2, 0.25) is 5.02 Å². The zero-order valence-corrected chi connectivity index (χ0v) is 14.1. The highest BCUT2D eigenvalue weighted by Crippen LogP contribution is 2.27. The number of carbonyl (C=O) groups excluding carboxylic acids is 2. The SMILES string of the molecule is O=C1N[C@@H](Cc2c[nH]c3c(Cl)cccc23)C(=O)N1Cc1ccccc1. The number of urea groups is 1. The van der Waals surface area contributed by atoms with Crippen LogP contribution in [0.4, 0.5) is 4.79 Å². The van der Waals surface area contributed by atoms with E-state index in [0.717, 1.165) is 22.0 Å². The lowest BCUT2D eigenvalue weighted by molar-refractivity contribution is -0.127. The molecule has 0 bridgehead atoms. The summed E-state index contributed by atoms with van der Waals surface area (Å²) in [4.78, 5) is 29.3. The van der Waals surface area contributed by atoms with E-state index in [1.54, 1.807) is 0 Å². The van der Waals surface area contributed by atoms with Crippen LogP contribution >= 0.6 is 11.6 Å². The molecule has 2 heterocycles. The summed E-state index contributed by atoms with van der Waals surface area (Å²) >= 11 is 6.18. The van der Waals surface area contributed by atoms with Gasteiger partial charge in [0.1, 0.15) is 6.04 Å². The second-order valence-corrected chi connectivity index (χ2v) is 6.50. The number of nitrogens with zero attached hydrogens (tertiary/aromatic N) is 1. The van der Waals surface area contributed by atoms with Crippen LogP contribution in [0, 0.1) is 0 Å². The first-order valence-electron chi connectivity index (χ1n) is 8.04. The van der Waals surface area contributed by atoms with Gasteiger partial charge < -0.3 is 10.3 Å². The number of hydrogen-bond donors (Lipinski definition) is 2. The topological polar surface area (TPSA) is 65.2 Å². The van der Waals surface area contributed by atoms with E-state index in [4.69, 9.17) is 11.6 Å². The molecule has 0 spiro atoms. The van der Waals surface area contributed by atoms with Crippen molar-refractivity contribution in [2.24, 2.45) is 0 Å². The summed E-state index contributed by atoms with van der Waals surface area (Å²) in [6.45, 7) is 0.279. The minimum atomic E-state index is -0.561. The van der Waals surface area contributed by atoms with E-state index in [1.165, 1.54) is 4.90 Å². The number of fused-ring (bicyclic) bond motifs is 1. The van der Waals surface area contributed by atoms with E-state index in [-0.39, 0.29) is 18.5 Å². The predicted molar refractivity (Wildman–Crippen MR) is 96.3 cm³/mol. The molecule has 126 valence electrons. The van der Waals surface area contributed by atoms with Gasteiger partial charge in [-0.3, -0.25) is 9.69 Å². The molecule has 1 aliphatic heterocycles. The number of aromatic amines is 1. The van der Waals surface area contributed by atoms with Crippen molar-refractivity contribution in [1.29, 1.82) is 0 Å². The van der Waals surface area contributed by atoms with Gasteiger partial charge in [0.25, 0.3) is 5.91 Å². The highest BCUT2D eigenvalue weighted by Gasteiger charge is 2.38. The number of carbonyl (C=O) groups is 2. The Morgan fingerprint density at radius 2 is 1.84 bits per heavy atom. The van der Waals surface area contributed by atoms with Crippen molar-refractivity contribution in [2.75, 3.05) is 0 Å². The quantitative estimate of drug-likeness (QED) is 0.705. The Balaban J connectivity index is 1.54. The lowest BCUT2D eigenvalue weighted by Crippen LogP contribution is -2.32. The van der Waals surface area contributed by atoms with Gasteiger partial charge in [0.15, 0.2) is 0 Å². The van der Waals surface area contributed by atoms with E-state index in [0.29, 0.717) is 11.4 Å².